The first-order chi connectivity index (χ1) is 7.17. The Kier molecular flexibility index (Phi) is 5.52. The highest BCUT2D eigenvalue weighted by Crippen LogP contribution is 2.11. The monoisotopic (exact) mass is 322 g/mol. The molecule has 0 heterocycles. The van der Waals surface area contributed by atoms with E-state index in [1.807, 2.05) is 24.3 Å². The third-order valence-corrected chi connectivity index (χ3v) is 2.86. The third kappa shape index (κ3) is 4.06. The second kappa shape index (κ2) is 6.42. The van der Waals surface area contributed by atoms with E-state index in [0.29, 0.717) is 6.42 Å². The van der Waals surface area contributed by atoms with Gasteiger partial charge in [-0.25, -0.2) is 0 Å². The molecule has 1 unspecified atom stereocenters. The molecule has 0 fully saturated rings. The van der Waals surface area contributed by atoms with Gasteiger partial charge in [0.2, 0.25) is 0 Å². The number of ether oxygens (including phenoxy) is 2. The maximum absolute atomic E-state index is 9.78. The van der Waals surface area contributed by atoms with Crippen LogP contribution < -0.4 is 0 Å². The minimum atomic E-state index is -0.639. The van der Waals surface area contributed by atoms with E-state index >= 15 is 0 Å². The number of halogens is 1. The molecule has 1 N–H and O–H groups in total. The zero-order chi connectivity index (χ0) is 11.3. The van der Waals surface area contributed by atoms with Crippen molar-refractivity contribution in [3.63, 3.8) is 0 Å². The van der Waals surface area contributed by atoms with Crippen LogP contribution in [0, 0.1) is 3.57 Å². The molecule has 0 saturated carbocycles. The Morgan fingerprint density at radius 2 is 1.73 bits per heavy atom. The van der Waals surface area contributed by atoms with E-state index in [-0.39, 0.29) is 0 Å². The predicted octanol–water partition coefficient (Wildman–Crippen LogP) is 1.81. The van der Waals surface area contributed by atoms with Crippen molar-refractivity contribution in [3.8, 4) is 0 Å². The zero-order valence-corrected chi connectivity index (χ0v) is 11.0. The summed E-state index contributed by atoms with van der Waals surface area (Å²) in [5.41, 5.74) is 1.07. The molecule has 0 aromatic heterocycles. The smallest absolute Gasteiger partial charge is 0.183 e. The largest absolute Gasteiger partial charge is 0.387 e. The Morgan fingerprint density at radius 3 is 2.20 bits per heavy atom. The summed E-state index contributed by atoms with van der Waals surface area (Å²) < 4.78 is 11.1. The Balaban J connectivity index is 2.57. The van der Waals surface area contributed by atoms with Crippen LogP contribution in [-0.4, -0.2) is 31.7 Å². The van der Waals surface area contributed by atoms with Crippen molar-refractivity contribution in [3.05, 3.63) is 33.4 Å². The summed E-state index contributed by atoms with van der Waals surface area (Å²) in [6, 6.07) is 8.01. The molecule has 1 aromatic carbocycles. The van der Waals surface area contributed by atoms with E-state index in [9.17, 15) is 5.11 Å². The molecular formula is C11H15IO3. The quantitative estimate of drug-likeness (QED) is 0.664. The van der Waals surface area contributed by atoms with Crippen LogP contribution >= 0.6 is 22.6 Å². The first kappa shape index (κ1) is 12.9. The van der Waals surface area contributed by atoms with Gasteiger partial charge in [-0.1, -0.05) is 12.1 Å². The number of aliphatic hydroxyl groups excluding tert-OH is 1. The van der Waals surface area contributed by atoms with Crippen LogP contribution in [0.15, 0.2) is 24.3 Å². The van der Waals surface area contributed by atoms with Crippen LogP contribution in [0.25, 0.3) is 0 Å². The van der Waals surface area contributed by atoms with Crippen LogP contribution in [0.5, 0.6) is 0 Å². The summed E-state index contributed by atoms with van der Waals surface area (Å²) in [5.74, 6) is 0. The molecule has 1 atom stereocenters. The first-order valence-corrected chi connectivity index (χ1v) is 5.73. The highest BCUT2D eigenvalue weighted by Gasteiger charge is 2.17. The lowest BCUT2D eigenvalue weighted by molar-refractivity contribution is -0.163. The van der Waals surface area contributed by atoms with Gasteiger partial charge in [-0.15, -0.1) is 0 Å². The molecule has 0 amide bonds. The fourth-order valence-electron chi connectivity index (χ4n) is 1.37. The molecule has 4 heteroatoms. The highest BCUT2D eigenvalue weighted by atomic mass is 127. The van der Waals surface area contributed by atoms with Crippen molar-refractivity contribution in [2.75, 3.05) is 14.2 Å². The zero-order valence-electron chi connectivity index (χ0n) is 8.81. The molecular weight excluding hydrogens is 307 g/mol. The molecule has 0 aliphatic heterocycles. The summed E-state index contributed by atoms with van der Waals surface area (Å²) in [5, 5.41) is 9.78. The number of aliphatic hydroxyl groups is 1. The molecule has 0 aliphatic carbocycles. The van der Waals surface area contributed by atoms with E-state index in [2.05, 4.69) is 22.6 Å². The Hall–Kier alpha value is -0.170. The van der Waals surface area contributed by atoms with E-state index < -0.39 is 12.4 Å². The SMILES string of the molecule is COC(OC)C(O)Cc1ccc(I)cc1. The van der Waals surface area contributed by atoms with Gasteiger partial charge in [0.25, 0.3) is 0 Å². The highest BCUT2D eigenvalue weighted by molar-refractivity contribution is 14.1. The van der Waals surface area contributed by atoms with Gasteiger partial charge in [-0.05, 0) is 40.3 Å². The van der Waals surface area contributed by atoms with Gasteiger partial charge < -0.3 is 14.6 Å². The Labute approximate surface area is 104 Å². The lowest BCUT2D eigenvalue weighted by atomic mass is 10.1. The van der Waals surface area contributed by atoms with E-state index in [1.165, 1.54) is 17.8 Å². The van der Waals surface area contributed by atoms with E-state index in [0.717, 1.165) is 5.56 Å². The molecule has 0 aliphatic rings. The van der Waals surface area contributed by atoms with Crippen LogP contribution in [-0.2, 0) is 15.9 Å². The topological polar surface area (TPSA) is 38.7 Å². The molecule has 0 bridgehead atoms. The van der Waals surface area contributed by atoms with Crippen LogP contribution in [0.4, 0.5) is 0 Å². The second-order valence-electron chi connectivity index (χ2n) is 3.24. The lowest BCUT2D eigenvalue weighted by Crippen LogP contribution is -2.31. The lowest BCUT2D eigenvalue weighted by Gasteiger charge is -2.19. The number of benzene rings is 1. The molecule has 3 nitrogen and oxygen atoms in total. The molecule has 1 aromatic rings. The Bertz CT molecular complexity index is 282. The molecule has 0 spiro atoms. The van der Waals surface area contributed by atoms with Gasteiger partial charge in [0.1, 0.15) is 6.10 Å². The van der Waals surface area contributed by atoms with Crippen LogP contribution in [0.2, 0.25) is 0 Å². The standard InChI is InChI=1S/C11H15IO3/c1-14-11(15-2)10(13)7-8-3-5-9(12)6-4-8/h3-6,10-11,13H,7H2,1-2H3. The van der Waals surface area contributed by atoms with Crippen molar-refractivity contribution < 1.29 is 14.6 Å². The van der Waals surface area contributed by atoms with Crippen LogP contribution in [0.1, 0.15) is 5.56 Å². The van der Waals surface area contributed by atoms with Gasteiger partial charge >= 0.3 is 0 Å². The van der Waals surface area contributed by atoms with E-state index in [4.69, 9.17) is 9.47 Å². The van der Waals surface area contributed by atoms with Gasteiger partial charge in [0.15, 0.2) is 6.29 Å². The van der Waals surface area contributed by atoms with E-state index in [1.54, 1.807) is 0 Å². The van der Waals surface area contributed by atoms with Crippen molar-refractivity contribution >= 4 is 22.6 Å². The van der Waals surface area contributed by atoms with Crippen molar-refractivity contribution in [2.24, 2.45) is 0 Å². The number of hydrogen-bond donors (Lipinski definition) is 1. The van der Waals surface area contributed by atoms with Crippen molar-refractivity contribution in [1.82, 2.24) is 0 Å². The normalized spacial score (nSPS) is 13.1. The summed E-state index contributed by atoms with van der Waals surface area (Å²) >= 11 is 2.25. The van der Waals surface area contributed by atoms with Crippen molar-refractivity contribution in [2.45, 2.75) is 18.8 Å². The Morgan fingerprint density at radius 1 is 1.20 bits per heavy atom. The van der Waals surface area contributed by atoms with Gasteiger partial charge in [-0.3, -0.25) is 0 Å². The predicted molar refractivity (Wildman–Crippen MR) is 66.7 cm³/mol. The van der Waals surface area contributed by atoms with Crippen LogP contribution in [0.3, 0.4) is 0 Å². The average Bonchev–Trinajstić information content (AvgIpc) is 2.23. The maximum atomic E-state index is 9.78. The summed E-state index contributed by atoms with van der Waals surface area (Å²) in [4.78, 5) is 0. The molecule has 84 valence electrons. The minimum absolute atomic E-state index is 0.531. The molecule has 15 heavy (non-hydrogen) atoms. The molecule has 0 radical (unpaired) electrons. The van der Waals surface area contributed by atoms with Gasteiger partial charge in [-0.2, -0.15) is 0 Å². The van der Waals surface area contributed by atoms with Gasteiger partial charge in [0, 0.05) is 24.2 Å². The van der Waals surface area contributed by atoms with Crippen molar-refractivity contribution in [1.29, 1.82) is 0 Å². The third-order valence-electron chi connectivity index (χ3n) is 2.14. The summed E-state index contributed by atoms with van der Waals surface area (Å²) in [6.07, 6.45) is -0.673. The summed E-state index contributed by atoms with van der Waals surface area (Å²) in [7, 11) is 3.04. The first-order valence-electron chi connectivity index (χ1n) is 4.65. The molecule has 0 saturated heterocycles. The number of methoxy groups -OCH3 is 2. The fraction of sp³-hybridized carbons (Fsp3) is 0.455. The summed E-state index contributed by atoms with van der Waals surface area (Å²) in [6.45, 7) is 0. The number of rotatable bonds is 5. The average molecular weight is 322 g/mol. The second-order valence-corrected chi connectivity index (χ2v) is 4.48. The number of hydrogen-bond acceptors (Lipinski definition) is 3. The minimum Gasteiger partial charge on any atom is -0.387 e. The molecule has 1 rings (SSSR count). The fourth-order valence-corrected chi connectivity index (χ4v) is 1.73. The maximum Gasteiger partial charge on any atom is 0.183 e. The van der Waals surface area contributed by atoms with Gasteiger partial charge in [0.05, 0.1) is 0 Å².